The molecule has 18 heavy (non-hydrogen) atoms. The van der Waals surface area contributed by atoms with E-state index in [1.807, 2.05) is 0 Å². The van der Waals surface area contributed by atoms with Gasteiger partial charge in [-0.2, -0.15) is 0 Å². The van der Waals surface area contributed by atoms with E-state index in [0.717, 1.165) is 4.47 Å². The van der Waals surface area contributed by atoms with Crippen LogP contribution in [-0.4, -0.2) is 25.4 Å². The number of benzene rings is 1. The van der Waals surface area contributed by atoms with Gasteiger partial charge in [-0.25, -0.2) is 0 Å². The van der Waals surface area contributed by atoms with Gasteiger partial charge in [-0.3, -0.25) is 9.59 Å². The lowest BCUT2D eigenvalue weighted by Gasteiger charge is -2.07. The molecule has 0 atom stereocenters. The van der Waals surface area contributed by atoms with Crippen LogP contribution in [-0.2, 0) is 4.79 Å². The molecule has 0 bridgehead atoms. The molecular weight excluding hydrogens is 321 g/mol. The van der Waals surface area contributed by atoms with Crippen LogP contribution < -0.4 is 16.4 Å². The van der Waals surface area contributed by atoms with Gasteiger partial charge in [-0.1, -0.05) is 15.9 Å². The molecule has 0 unspecified atom stereocenters. The quantitative estimate of drug-likeness (QED) is 0.725. The van der Waals surface area contributed by atoms with Gasteiger partial charge in [-0.15, -0.1) is 12.4 Å². The van der Waals surface area contributed by atoms with Gasteiger partial charge < -0.3 is 16.4 Å². The van der Waals surface area contributed by atoms with E-state index in [1.165, 1.54) is 0 Å². The summed E-state index contributed by atoms with van der Waals surface area (Å²) in [6.45, 7) is 0.286. The van der Waals surface area contributed by atoms with Gasteiger partial charge >= 0.3 is 0 Å². The predicted octanol–water partition coefficient (Wildman–Crippen LogP) is 1.32. The molecule has 1 rings (SSSR count). The number of nitrogens with one attached hydrogen (secondary N) is 2. The van der Waals surface area contributed by atoms with Crippen molar-refractivity contribution in [1.29, 1.82) is 0 Å². The Kier molecular flexibility index (Phi) is 7.38. The van der Waals surface area contributed by atoms with E-state index < -0.39 is 0 Å². The largest absolute Gasteiger partial charge is 0.398 e. The van der Waals surface area contributed by atoms with Gasteiger partial charge in [0.1, 0.15) is 0 Å². The lowest BCUT2D eigenvalue weighted by Crippen LogP contribution is -2.29. The lowest BCUT2D eigenvalue weighted by molar-refractivity contribution is -0.120. The summed E-state index contributed by atoms with van der Waals surface area (Å²) in [5.41, 5.74) is 6.52. The molecular formula is C11H15BrClN3O2. The smallest absolute Gasteiger partial charge is 0.253 e. The van der Waals surface area contributed by atoms with E-state index in [1.54, 1.807) is 25.2 Å². The highest BCUT2D eigenvalue weighted by Gasteiger charge is 2.09. The van der Waals surface area contributed by atoms with Crippen LogP contribution in [0.2, 0.25) is 0 Å². The Morgan fingerprint density at radius 1 is 1.39 bits per heavy atom. The summed E-state index contributed by atoms with van der Waals surface area (Å²) in [6, 6.07) is 5.03. The van der Waals surface area contributed by atoms with Crippen molar-refractivity contribution >= 4 is 45.8 Å². The van der Waals surface area contributed by atoms with Crippen LogP contribution in [0.1, 0.15) is 16.8 Å². The van der Waals surface area contributed by atoms with E-state index in [4.69, 9.17) is 5.73 Å². The van der Waals surface area contributed by atoms with E-state index >= 15 is 0 Å². The third-order valence-electron chi connectivity index (χ3n) is 2.17. The molecule has 0 aliphatic rings. The van der Waals surface area contributed by atoms with Crippen molar-refractivity contribution in [2.45, 2.75) is 6.42 Å². The van der Waals surface area contributed by atoms with Crippen LogP contribution in [0.5, 0.6) is 0 Å². The number of nitrogen functional groups attached to an aromatic ring is 1. The monoisotopic (exact) mass is 335 g/mol. The molecule has 0 aromatic heterocycles. The first-order valence-electron chi connectivity index (χ1n) is 5.08. The van der Waals surface area contributed by atoms with Gasteiger partial charge in [0.2, 0.25) is 5.91 Å². The van der Waals surface area contributed by atoms with Gasteiger partial charge in [-0.05, 0) is 18.2 Å². The summed E-state index contributed by atoms with van der Waals surface area (Å²) in [7, 11) is 1.55. The van der Waals surface area contributed by atoms with Crippen molar-refractivity contribution in [2.75, 3.05) is 19.3 Å². The number of carbonyl (C=O) groups is 2. The highest BCUT2D eigenvalue weighted by molar-refractivity contribution is 9.10. The predicted molar refractivity (Wildman–Crippen MR) is 76.8 cm³/mol. The highest BCUT2D eigenvalue weighted by Crippen LogP contribution is 2.18. The molecule has 2 amide bonds. The van der Waals surface area contributed by atoms with Crippen LogP contribution in [0, 0.1) is 0 Å². The summed E-state index contributed by atoms with van der Waals surface area (Å²) >= 11 is 3.26. The first-order chi connectivity index (χ1) is 8.04. The Bertz CT molecular complexity index is 440. The molecule has 0 aliphatic heterocycles. The van der Waals surface area contributed by atoms with E-state index in [2.05, 4.69) is 26.6 Å². The minimum absolute atomic E-state index is 0. The normalized spacial score (nSPS) is 9.22. The average molecular weight is 337 g/mol. The maximum absolute atomic E-state index is 11.7. The first kappa shape index (κ1) is 16.7. The number of halogens is 2. The molecule has 0 radical (unpaired) electrons. The van der Waals surface area contributed by atoms with Gasteiger partial charge in [0.05, 0.1) is 5.56 Å². The molecule has 1 aromatic rings. The Morgan fingerprint density at radius 3 is 2.61 bits per heavy atom. The zero-order chi connectivity index (χ0) is 12.8. The minimum atomic E-state index is -0.279. The van der Waals surface area contributed by atoms with Gasteiger partial charge in [0.25, 0.3) is 5.91 Å². The number of anilines is 1. The lowest BCUT2D eigenvalue weighted by atomic mass is 10.1. The van der Waals surface area contributed by atoms with Crippen molar-refractivity contribution in [3.8, 4) is 0 Å². The second-order valence-corrected chi connectivity index (χ2v) is 4.33. The fourth-order valence-corrected chi connectivity index (χ4v) is 1.63. The minimum Gasteiger partial charge on any atom is -0.398 e. The van der Waals surface area contributed by atoms with Crippen LogP contribution in [0.3, 0.4) is 0 Å². The second-order valence-electron chi connectivity index (χ2n) is 3.41. The highest BCUT2D eigenvalue weighted by atomic mass is 79.9. The summed E-state index contributed by atoms with van der Waals surface area (Å²) in [6.07, 6.45) is 0.249. The fourth-order valence-electron chi connectivity index (χ4n) is 1.25. The zero-order valence-electron chi connectivity index (χ0n) is 9.83. The van der Waals surface area contributed by atoms with E-state index in [9.17, 15) is 9.59 Å². The van der Waals surface area contributed by atoms with Crippen molar-refractivity contribution in [1.82, 2.24) is 10.6 Å². The van der Waals surface area contributed by atoms with E-state index in [-0.39, 0.29) is 37.2 Å². The molecule has 0 heterocycles. The van der Waals surface area contributed by atoms with Gasteiger partial charge in [0, 0.05) is 30.2 Å². The van der Waals surface area contributed by atoms with Crippen molar-refractivity contribution in [3.05, 3.63) is 28.2 Å². The summed E-state index contributed by atoms with van der Waals surface area (Å²) < 4.78 is 0.817. The summed E-state index contributed by atoms with van der Waals surface area (Å²) in [4.78, 5) is 22.7. The summed E-state index contributed by atoms with van der Waals surface area (Å²) in [5.74, 6) is -0.395. The van der Waals surface area contributed by atoms with Crippen molar-refractivity contribution in [3.63, 3.8) is 0 Å². The third-order valence-corrected chi connectivity index (χ3v) is 2.67. The van der Waals surface area contributed by atoms with Crippen LogP contribution in [0.25, 0.3) is 0 Å². The molecule has 100 valence electrons. The molecule has 0 saturated carbocycles. The fraction of sp³-hybridized carbons (Fsp3) is 0.273. The maximum Gasteiger partial charge on any atom is 0.253 e. The second kappa shape index (κ2) is 7.94. The Hall–Kier alpha value is -1.27. The van der Waals surface area contributed by atoms with Crippen molar-refractivity contribution in [2.24, 2.45) is 0 Å². The van der Waals surface area contributed by atoms with E-state index in [0.29, 0.717) is 11.3 Å². The van der Waals surface area contributed by atoms with Crippen LogP contribution in [0.4, 0.5) is 5.69 Å². The average Bonchev–Trinajstić information content (AvgIpc) is 2.28. The van der Waals surface area contributed by atoms with Crippen molar-refractivity contribution < 1.29 is 9.59 Å². The number of hydrogen-bond acceptors (Lipinski definition) is 3. The number of amides is 2. The topological polar surface area (TPSA) is 84.2 Å². The molecule has 5 nitrogen and oxygen atoms in total. The molecule has 1 aromatic carbocycles. The Morgan fingerprint density at radius 2 is 2.06 bits per heavy atom. The summed E-state index contributed by atoms with van der Waals surface area (Å²) in [5, 5.41) is 5.11. The Labute approximate surface area is 120 Å². The van der Waals surface area contributed by atoms with Crippen LogP contribution >= 0.6 is 28.3 Å². The Balaban J connectivity index is 0.00000289. The number of hydrogen-bond donors (Lipinski definition) is 3. The standard InChI is InChI=1S/C11H14BrN3O2.ClH/c1-14-10(16)4-5-15-11(17)8-3-2-7(12)6-9(8)13;/h2-3,6H,4-5,13H2,1H3,(H,14,16)(H,15,17);1H. The first-order valence-corrected chi connectivity index (χ1v) is 5.87. The molecule has 0 spiro atoms. The van der Waals surface area contributed by atoms with Crippen LogP contribution in [0.15, 0.2) is 22.7 Å². The number of nitrogens with two attached hydrogens (primary N) is 1. The zero-order valence-corrected chi connectivity index (χ0v) is 12.2. The molecule has 4 N–H and O–H groups in total. The molecule has 0 aliphatic carbocycles. The SMILES string of the molecule is CNC(=O)CCNC(=O)c1ccc(Br)cc1N.Cl. The number of rotatable bonds is 4. The number of carbonyl (C=O) groups excluding carboxylic acids is 2. The third kappa shape index (κ3) is 4.93. The van der Waals surface area contributed by atoms with Gasteiger partial charge in [0.15, 0.2) is 0 Å². The molecule has 0 fully saturated rings. The maximum atomic E-state index is 11.7. The molecule has 0 saturated heterocycles. The molecule has 7 heteroatoms.